The molecule has 0 radical (unpaired) electrons. The molecule has 0 saturated carbocycles. The lowest BCUT2D eigenvalue weighted by Gasteiger charge is -2.48. The molecule has 4 nitrogen and oxygen atoms in total. The van der Waals surface area contributed by atoms with Gasteiger partial charge in [-0.3, -0.25) is 4.18 Å². The lowest BCUT2D eigenvalue weighted by molar-refractivity contribution is -0.0889. The third-order valence-corrected chi connectivity index (χ3v) is 4.27. The average Bonchev–Trinajstić information content (AvgIpc) is 2.25. The van der Waals surface area contributed by atoms with E-state index in [1.54, 1.807) is 0 Å². The van der Waals surface area contributed by atoms with E-state index in [-0.39, 0.29) is 6.61 Å². The van der Waals surface area contributed by atoms with Crippen molar-refractivity contribution in [2.75, 3.05) is 12.9 Å². The lowest BCUT2D eigenvalue weighted by atomic mass is 9.61. The summed E-state index contributed by atoms with van der Waals surface area (Å²) in [4.78, 5) is 0. The average molecular weight is 258 g/mol. The van der Waals surface area contributed by atoms with Crippen LogP contribution in [0.5, 0.6) is 0 Å². The SMILES string of the molecule is CS(=O)(=O)OC[C@]12C=CCC[C@@]1(O)CC=CC2. The molecule has 0 aromatic heterocycles. The molecule has 96 valence electrons. The molecule has 0 saturated heterocycles. The maximum absolute atomic E-state index is 11.1. The quantitative estimate of drug-likeness (QED) is 0.613. The molecular formula is C12H18O4S. The van der Waals surface area contributed by atoms with E-state index in [2.05, 4.69) is 0 Å². The molecule has 0 aliphatic heterocycles. The standard InChI is InChI=1S/C12H18O4S/c1-17(14,15)16-10-11-6-2-4-8-12(11,13)9-5-3-7-11/h2-4,7,13H,5-6,8-10H2,1H3/t11-,12-/m0/s1. The van der Waals surface area contributed by atoms with Crippen molar-refractivity contribution in [2.24, 2.45) is 5.41 Å². The Hall–Kier alpha value is -0.650. The van der Waals surface area contributed by atoms with Crippen LogP contribution in [0, 0.1) is 5.41 Å². The summed E-state index contributed by atoms with van der Waals surface area (Å²) < 4.78 is 27.1. The smallest absolute Gasteiger partial charge is 0.264 e. The van der Waals surface area contributed by atoms with Gasteiger partial charge in [0, 0.05) is 5.41 Å². The maximum Gasteiger partial charge on any atom is 0.264 e. The third kappa shape index (κ3) is 2.46. The Bertz CT molecular complexity index is 451. The Morgan fingerprint density at radius 2 is 2.00 bits per heavy atom. The molecule has 2 aliphatic carbocycles. The minimum Gasteiger partial charge on any atom is -0.389 e. The lowest BCUT2D eigenvalue weighted by Crippen LogP contribution is -2.52. The zero-order valence-electron chi connectivity index (χ0n) is 9.93. The summed E-state index contributed by atoms with van der Waals surface area (Å²) in [6.45, 7) is 0.0170. The van der Waals surface area contributed by atoms with Crippen LogP contribution in [-0.4, -0.2) is 32.0 Å². The second-order valence-electron chi connectivity index (χ2n) is 4.97. The summed E-state index contributed by atoms with van der Waals surface area (Å²) in [5, 5.41) is 10.7. The Balaban J connectivity index is 2.27. The van der Waals surface area contributed by atoms with Crippen molar-refractivity contribution >= 4 is 10.1 Å². The molecule has 2 rings (SSSR count). The summed E-state index contributed by atoms with van der Waals surface area (Å²) >= 11 is 0. The topological polar surface area (TPSA) is 63.6 Å². The van der Waals surface area contributed by atoms with Crippen LogP contribution in [0.3, 0.4) is 0 Å². The highest BCUT2D eigenvalue weighted by Crippen LogP contribution is 2.48. The van der Waals surface area contributed by atoms with Gasteiger partial charge in [0.05, 0.1) is 18.5 Å². The van der Waals surface area contributed by atoms with Crippen LogP contribution in [0.2, 0.25) is 0 Å². The van der Waals surface area contributed by atoms with Crippen LogP contribution in [-0.2, 0) is 14.3 Å². The predicted octanol–water partition coefficient (Wildman–Crippen LogP) is 1.38. The van der Waals surface area contributed by atoms with Gasteiger partial charge < -0.3 is 5.11 Å². The number of allylic oxidation sites excluding steroid dienone is 2. The van der Waals surface area contributed by atoms with E-state index in [0.29, 0.717) is 19.3 Å². The molecule has 0 unspecified atom stereocenters. The van der Waals surface area contributed by atoms with Crippen LogP contribution >= 0.6 is 0 Å². The van der Waals surface area contributed by atoms with Crippen molar-refractivity contribution in [2.45, 2.75) is 31.3 Å². The van der Waals surface area contributed by atoms with Crippen molar-refractivity contribution < 1.29 is 17.7 Å². The molecule has 1 N–H and O–H groups in total. The van der Waals surface area contributed by atoms with Crippen molar-refractivity contribution in [3.8, 4) is 0 Å². The van der Waals surface area contributed by atoms with Crippen LogP contribution in [0.25, 0.3) is 0 Å². The Morgan fingerprint density at radius 1 is 1.29 bits per heavy atom. The van der Waals surface area contributed by atoms with Crippen molar-refractivity contribution in [1.29, 1.82) is 0 Å². The fraction of sp³-hybridized carbons (Fsp3) is 0.667. The highest BCUT2D eigenvalue weighted by Gasteiger charge is 2.50. The molecule has 0 aromatic rings. The molecule has 0 spiro atoms. The first-order valence-electron chi connectivity index (χ1n) is 5.76. The van der Waals surface area contributed by atoms with E-state index in [1.807, 2.05) is 24.3 Å². The first kappa shape index (κ1) is 12.8. The second-order valence-corrected chi connectivity index (χ2v) is 6.62. The van der Waals surface area contributed by atoms with E-state index in [0.717, 1.165) is 12.7 Å². The van der Waals surface area contributed by atoms with Gasteiger partial charge in [-0.1, -0.05) is 24.3 Å². The van der Waals surface area contributed by atoms with Gasteiger partial charge >= 0.3 is 0 Å². The second kappa shape index (κ2) is 4.23. The minimum absolute atomic E-state index is 0.0170. The highest BCUT2D eigenvalue weighted by atomic mass is 32.2. The number of fused-ring (bicyclic) bond motifs is 1. The van der Waals surface area contributed by atoms with E-state index < -0.39 is 21.1 Å². The Labute approximate surface area is 102 Å². The van der Waals surface area contributed by atoms with Gasteiger partial charge in [-0.05, 0) is 25.7 Å². The van der Waals surface area contributed by atoms with Crippen LogP contribution in [0.15, 0.2) is 24.3 Å². The van der Waals surface area contributed by atoms with Gasteiger partial charge in [-0.25, -0.2) is 0 Å². The van der Waals surface area contributed by atoms with Crippen LogP contribution in [0.1, 0.15) is 25.7 Å². The van der Waals surface area contributed by atoms with Crippen LogP contribution in [0.4, 0.5) is 0 Å². The van der Waals surface area contributed by atoms with Crippen LogP contribution < -0.4 is 0 Å². The molecule has 2 atom stereocenters. The fourth-order valence-electron chi connectivity index (χ4n) is 2.62. The van der Waals surface area contributed by atoms with Gasteiger partial charge in [-0.2, -0.15) is 8.42 Å². The van der Waals surface area contributed by atoms with Gasteiger partial charge in [0.1, 0.15) is 0 Å². The number of hydrogen-bond acceptors (Lipinski definition) is 4. The largest absolute Gasteiger partial charge is 0.389 e. The predicted molar refractivity (Wildman–Crippen MR) is 64.9 cm³/mol. The van der Waals surface area contributed by atoms with Gasteiger partial charge in [-0.15, -0.1) is 0 Å². The first-order valence-corrected chi connectivity index (χ1v) is 7.58. The molecule has 0 aromatic carbocycles. The number of hydrogen-bond donors (Lipinski definition) is 1. The molecule has 0 amide bonds. The van der Waals surface area contributed by atoms with E-state index in [4.69, 9.17) is 4.18 Å². The van der Waals surface area contributed by atoms with Gasteiger partial charge in [0.15, 0.2) is 0 Å². The highest BCUT2D eigenvalue weighted by molar-refractivity contribution is 7.85. The monoisotopic (exact) mass is 258 g/mol. The number of rotatable bonds is 3. The summed E-state index contributed by atoms with van der Waals surface area (Å²) in [6, 6.07) is 0. The van der Waals surface area contributed by atoms with E-state index in [9.17, 15) is 13.5 Å². The van der Waals surface area contributed by atoms with Gasteiger partial charge in [0.25, 0.3) is 10.1 Å². The van der Waals surface area contributed by atoms with Gasteiger partial charge in [0.2, 0.25) is 0 Å². The first-order chi connectivity index (χ1) is 7.87. The summed E-state index contributed by atoms with van der Waals surface area (Å²) in [6.07, 6.45) is 11.6. The zero-order chi connectivity index (χ0) is 12.6. The third-order valence-electron chi connectivity index (χ3n) is 3.72. The molecule has 5 heteroatoms. The normalized spacial score (nSPS) is 36.8. The van der Waals surface area contributed by atoms with Crippen molar-refractivity contribution in [3.63, 3.8) is 0 Å². The van der Waals surface area contributed by atoms with E-state index >= 15 is 0 Å². The Kier molecular flexibility index (Phi) is 3.18. The molecule has 0 fully saturated rings. The molecule has 17 heavy (non-hydrogen) atoms. The summed E-state index contributed by atoms with van der Waals surface area (Å²) in [7, 11) is -3.48. The van der Waals surface area contributed by atoms with Crippen molar-refractivity contribution in [1.82, 2.24) is 0 Å². The van der Waals surface area contributed by atoms with Crippen molar-refractivity contribution in [3.05, 3.63) is 24.3 Å². The molecule has 0 heterocycles. The molecule has 2 aliphatic rings. The Morgan fingerprint density at radius 3 is 2.71 bits per heavy atom. The van der Waals surface area contributed by atoms with E-state index in [1.165, 1.54) is 0 Å². The molecular weight excluding hydrogens is 240 g/mol. The summed E-state index contributed by atoms with van der Waals surface area (Å²) in [5.41, 5.74) is -1.47. The minimum atomic E-state index is -3.48. The maximum atomic E-state index is 11.1. The zero-order valence-corrected chi connectivity index (χ0v) is 10.7. The fourth-order valence-corrected chi connectivity index (χ4v) is 3.05. The summed E-state index contributed by atoms with van der Waals surface area (Å²) in [5.74, 6) is 0. The molecule has 0 bridgehead atoms. The number of aliphatic hydroxyl groups is 1.